The van der Waals surface area contributed by atoms with Gasteiger partial charge in [-0.2, -0.15) is 0 Å². The molecule has 1 aliphatic carbocycles. The minimum absolute atomic E-state index is 0.184. The summed E-state index contributed by atoms with van der Waals surface area (Å²) in [4.78, 5) is 2.38. The van der Waals surface area contributed by atoms with Crippen LogP contribution in [0.15, 0.2) is 12.1 Å². The van der Waals surface area contributed by atoms with E-state index in [0.29, 0.717) is 18.3 Å². The van der Waals surface area contributed by atoms with Gasteiger partial charge in [0.1, 0.15) is 0 Å². The van der Waals surface area contributed by atoms with Crippen molar-refractivity contribution < 1.29 is 14.2 Å². The Hall–Kier alpha value is -1.46. The number of methoxy groups -OCH3 is 1. The van der Waals surface area contributed by atoms with Crippen LogP contribution in [-0.2, 0) is 0 Å². The third kappa shape index (κ3) is 2.21. The predicted octanol–water partition coefficient (Wildman–Crippen LogP) is 1.91. The molecule has 1 heterocycles. The second-order valence-corrected chi connectivity index (χ2v) is 5.46. The summed E-state index contributed by atoms with van der Waals surface area (Å²) in [5, 5.41) is 0. The lowest BCUT2D eigenvalue weighted by Gasteiger charge is -2.40. The van der Waals surface area contributed by atoms with Crippen molar-refractivity contribution in [3.63, 3.8) is 0 Å². The quantitative estimate of drug-likeness (QED) is 0.891. The molecule has 20 heavy (non-hydrogen) atoms. The first-order valence-electron chi connectivity index (χ1n) is 7.14. The van der Waals surface area contributed by atoms with E-state index in [2.05, 4.69) is 11.9 Å². The highest BCUT2D eigenvalue weighted by Crippen LogP contribution is 2.44. The van der Waals surface area contributed by atoms with Crippen molar-refractivity contribution in [3.05, 3.63) is 17.7 Å². The zero-order chi connectivity index (χ0) is 14.1. The number of likely N-dealkylation sites (N-methyl/N-ethyl adjacent to an activating group) is 1. The summed E-state index contributed by atoms with van der Waals surface area (Å²) in [5.74, 6) is 2.16. The Morgan fingerprint density at radius 3 is 2.80 bits per heavy atom. The van der Waals surface area contributed by atoms with Crippen molar-refractivity contribution in [1.82, 2.24) is 4.90 Å². The van der Waals surface area contributed by atoms with E-state index in [1.165, 1.54) is 19.3 Å². The Morgan fingerprint density at radius 2 is 2.20 bits per heavy atom. The zero-order valence-corrected chi connectivity index (χ0v) is 12.1. The number of nitrogens with two attached hydrogens (primary N) is 1. The Bertz CT molecular complexity index is 488. The molecule has 2 aliphatic rings. The summed E-state index contributed by atoms with van der Waals surface area (Å²) in [6.07, 6.45) is 3.83. The summed E-state index contributed by atoms with van der Waals surface area (Å²) in [7, 11) is 3.80. The van der Waals surface area contributed by atoms with Gasteiger partial charge in [0.05, 0.1) is 7.11 Å². The molecule has 1 aromatic rings. The smallest absolute Gasteiger partial charge is 0.231 e. The third-order valence-corrected chi connectivity index (χ3v) is 4.43. The maximum Gasteiger partial charge on any atom is 0.231 e. The van der Waals surface area contributed by atoms with E-state index in [1.54, 1.807) is 7.11 Å². The van der Waals surface area contributed by atoms with Gasteiger partial charge in [-0.05, 0) is 37.6 Å². The fraction of sp³-hybridized carbons (Fsp3) is 0.600. The molecule has 0 bridgehead atoms. The van der Waals surface area contributed by atoms with E-state index in [1.807, 2.05) is 12.1 Å². The van der Waals surface area contributed by atoms with Crippen LogP contribution in [0.4, 0.5) is 0 Å². The van der Waals surface area contributed by atoms with Gasteiger partial charge in [-0.1, -0.05) is 6.42 Å². The second-order valence-electron chi connectivity index (χ2n) is 5.46. The van der Waals surface area contributed by atoms with E-state index in [0.717, 1.165) is 17.1 Å². The lowest BCUT2D eigenvalue weighted by atomic mass is 9.89. The lowest BCUT2D eigenvalue weighted by Crippen LogP contribution is -2.42. The minimum Gasteiger partial charge on any atom is -0.493 e. The maximum atomic E-state index is 6.00. The first-order chi connectivity index (χ1) is 9.74. The molecular formula is C15H22N2O3. The van der Waals surface area contributed by atoms with Gasteiger partial charge in [-0.15, -0.1) is 0 Å². The van der Waals surface area contributed by atoms with Crippen molar-refractivity contribution in [3.8, 4) is 17.2 Å². The van der Waals surface area contributed by atoms with Crippen LogP contribution in [0.25, 0.3) is 0 Å². The summed E-state index contributed by atoms with van der Waals surface area (Å²) in [5.41, 5.74) is 7.13. The van der Waals surface area contributed by atoms with Crippen LogP contribution in [-0.4, -0.2) is 38.4 Å². The van der Waals surface area contributed by atoms with Crippen molar-refractivity contribution in [2.24, 2.45) is 5.73 Å². The molecule has 0 radical (unpaired) electrons. The fourth-order valence-electron chi connectivity index (χ4n) is 2.93. The van der Waals surface area contributed by atoms with Gasteiger partial charge >= 0.3 is 0 Å². The molecule has 2 N–H and O–H groups in total. The molecule has 1 unspecified atom stereocenters. The maximum absolute atomic E-state index is 6.00. The number of ether oxygens (including phenoxy) is 3. The first kappa shape index (κ1) is 13.5. The van der Waals surface area contributed by atoms with Crippen LogP contribution in [0, 0.1) is 0 Å². The van der Waals surface area contributed by atoms with Crippen molar-refractivity contribution in [2.45, 2.75) is 31.3 Å². The van der Waals surface area contributed by atoms with Gasteiger partial charge in [0.2, 0.25) is 12.5 Å². The average molecular weight is 278 g/mol. The summed E-state index contributed by atoms with van der Waals surface area (Å²) >= 11 is 0. The molecule has 0 amide bonds. The predicted molar refractivity (Wildman–Crippen MR) is 76.3 cm³/mol. The van der Waals surface area contributed by atoms with E-state index >= 15 is 0 Å². The van der Waals surface area contributed by atoms with Gasteiger partial charge in [0.15, 0.2) is 11.5 Å². The Morgan fingerprint density at radius 1 is 1.40 bits per heavy atom. The molecule has 1 aromatic carbocycles. The number of nitrogens with zero attached hydrogens (tertiary/aromatic N) is 1. The number of hydrogen-bond donors (Lipinski definition) is 1. The molecule has 1 saturated carbocycles. The molecule has 0 saturated heterocycles. The fourth-order valence-corrected chi connectivity index (χ4v) is 2.93. The molecule has 110 valence electrons. The van der Waals surface area contributed by atoms with Crippen LogP contribution < -0.4 is 19.9 Å². The highest BCUT2D eigenvalue weighted by Gasteiger charge is 2.30. The number of hydrogen-bond acceptors (Lipinski definition) is 5. The van der Waals surface area contributed by atoms with E-state index < -0.39 is 0 Å². The molecule has 0 aromatic heterocycles. The van der Waals surface area contributed by atoms with Crippen molar-refractivity contribution in [2.75, 3.05) is 27.5 Å². The summed E-state index contributed by atoms with van der Waals surface area (Å²) in [6, 6.07) is 4.86. The normalized spacial score (nSPS) is 19.0. The summed E-state index contributed by atoms with van der Waals surface area (Å²) in [6.45, 7) is 0.830. The van der Waals surface area contributed by atoms with Crippen LogP contribution in [0.3, 0.4) is 0 Å². The van der Waals surface area contributed by atoms with E-state index in [4.69, 9.17) is 19.9 Å². The van der Waals surface area contributed by atoms with Crippen molar-refractivity contribution in [1.29, 1.82) is 0 Å². The monoisotopic (exact) mass is 278 g/mol. The van der Waals surface area contributed by atoms with Gasteiger partial charge in [0, 0.05) is 18.6 Å². The molecule has 1 fully saturated rings. The topological polar surface area (TPSA) is 57.0 Å². The third-order valence-electron chi connectivity index (χ3n) is 4.43. The number of rotatable bonds is 5. The second kappa shape index (κ2) is 5.50. The van der Waals surface area contributed by atoms with Crippen LogP contribution >= 0.6 is 0 Å². The Balaban J connectivity index is 1.91. The molecule has 0 spiro atoms. The molecular weight excluding hydrogens is 256 g/mol. The first-order valence-corrected chi connectivity index (χ1v) is 7.14. The minimum atomic E-state index is 0.184. The van der Waals surface area contributed by atoms with E-state index in [9.17, 15) is 0 Å². The molecule has 1 aliphatic heterocycles. The highest BCUT2D eigenvalue weighted by atomic mass is 16.7. The zero-order valence-electron chi connectivity index (χ0n) is 12.1. The number of benzene rings is 1. The highest BCUT2D eigenvalue weighted by molar-refractivity contribution is 5.55. The van der Waals surface area contributed by atoms with Crippen LogP contribution in [0.2, 0.25) is 0 Å². The van der Waals surface area contributed by atoms with Crippen LogP contribution in [0.1, 0.15) is 30.9 Å². The standard InChI is InChI=1S/C15H22N2O3/c1-17(11-4-3-5-11)12(8-16)10-6-13(18-2)15-14(7-10)19-9-20-15/h6-7,11-12H,3-5,8-9,16H2,1-2H3. The lowest BCUT2D eigenvalue weighted by molar-refractivity contribution is 0.113. The van der Waals surface area contributed by atoms with Crippen molar-refractivity contribution >= 4 is 0 Å². The Kier molecular flexibility index (Phi) is 3.72. The van der Waals surface area contributed by atoms with Gasteiger partial charge in [-0.25, -0.2) is 0 Å². The Labute approximate surface area is 119 Å². The molecule has 1 atom stereocenters. The van der Waals surface area contributed by atoms with E-state index in [-0.39, 0.29) is 12.8 Å². The molecule has 5 nitrogen and oxygen atoms in total. The average Bonchev–Trinajstić information content (AvgIpc) is 2.84. The van der Waals surface area contributed by atoms with Crippen LogP contribution in [0.5, 0.6) is 17.2 Å². The van der Waals surface area contributed by atoms with Gasteiger partial charge in [-0.3, -0.25) is 4.90 Å². The van der Waals surface area contributed by atoms with Gasteiger partial charge in [0.25, 0.3) is 0 Å². The van der Waals surface area contributed by atoms with Gasteiger partial charge < -0.3 is 19.9 Å². The SMILES string of the molecule is COc1cc(C(CN)N(C)C2CCC2)cc2c1OCO2. The largest absolute Gasteiger partial charge is 0.493 e. The summed E-state index contributed by atoms with van der Waals surface area (Å²) < 4.78 is 16.3. The molecule has 3 rings (SSSR count). The molecule has 5 heteroatoms. The number of fused-ring (bicyclic) bond motifs is 1.